The fraction of sp³-hybridized carbons (Fsp3) is 0.538. The molecule has 0 aliphatic rings. The van der Waals surface area contributed by atoms with Gasteiger partial charge in [0.05, 0.1) is 6.07 Å². The summed E-state index contributed by atoms with van der Waals surface area (Å²) in [4.78, 5) is 14.9. The highest BCUT2D eigenvalue weighted by atomic mass is 32.1. The largest absolute Gasteiger partial charge is 0.344 e. The Morgan fingerprint density at radius 2 is 2.29 bits per heavy atom. The lowest BCUT2D eigenvalue weighted by Crippen LogP contribution is -2.35. The second kappa shape index (κ2) is 6.41. The molecule has 1 unspecified atom stereocenters. The molecule has 1 rings (SSSR count). The number of rotatable bonds is 5. The van der Waals surface area contributed by atoms with E-state index in [1.165, 1.54) is 4.88 Å². The number of likely N-dealkylation sites (N-methyl/N-ethyl adjacent to an activating group) is 1. The van der Waals surface area contributed by atoms with Crippen LogP contribution in [0.25, 0.3) is 0 Å². The molecule has 1 amide bonds. The van der Waals surface area contributed by atoms with E-state index in [1.807, 2.05) is 25.3 Å². The Morgan fingerprint density at radius 1 is 1.59 bits per heavy atom. The summed E-state index contributed by atoms with van der Waals surface area (Å²) in [5, 5.41) is 11.0. The minimum atomic E-state index is -0.525. The first-order valence-corrected chi connectivity index (χ1v) is 6.61. The van der Waals surface area contributed by atoms with E-state index in [2.05, 4.69) is 12.1 Å². The molecule has 0 aromatic carbocycles. The van der Waals surface area contributed by atoms with Crippen LogP contribution >= 0.6 is 11.3 Å². The lowest BCUT2D eigenvalue weighted by Gasteiger charge is -2.21. The molecular formula is C13H18N2OS. The second-order valence-corrected chi connectivity index (χ2v) is 5.47. The lowest BCUT2D eigenvalue weighted by molar-refractivity contribution is -0.133. The zero-order valence-corrected chi connectivity index (χ0v) is 11.3. The number of hydrogen-bond donors (Lipinski definition) is 0. The molecule has 0 fully saturated rings. The number of nitriles is 1. The average Bonchev–Trinajstić information content (AvgIpc) is 2.78. The van der Waals surface area contributed by atoms with Crippen molar-refractivity contribution in [2.24, 2.45) is 11.8 Å². The van der Waals surface area contributed by atoms with Gasteiger partial charge in [-0.1, -0.05) is 19.9 Å². The minimum absolute atomic E-state index is 0.0664. The molecule has 1 atom stereocenters. The third-order valence-electron chi connectivity index (χ3n) is 2.72. The van der Waals surface area contributed by atoms with E-state index < -0.39 is 5.92 Å². The number of thiophene rings is 1. The van der Waals surface area contributed by atoms with Gasteiger partial charge in [0.15, 0.2) is 0 Å². The Bertz CT molecular complexity index is 392. The van der Waals surface area contributed by atoms with Crippen molar-refractivity contribution in [1.29, 1.82) is 5.26 Å². The molecule has 1 heterocycles. The lowest BCUT2D eigenvalue weighted by atomic mass is 9.96. The monoisotopic (exact) mass is 250 g/mol. The maximum absolute atomic E-state index is 12.0. The van der Waals surface area contributed by atoms with Crippen LogP contribution in [0.5, 0.6) is 0 Å². The number of carbonyl (C=O) groups excluding carboxylic acids is 1. The Hall–Kier alpha value is -1.34. The highest BCUT2D eigenvalue weighted by molar-refractivity contribution is 7.09. The van der Waals surface area contributed by atoms with E-state index in [0.717, 1.165) is 6.42 Å². The van der Waals surface area contributed by atoms with E-state index >= 15 is 0 Å². The van der Waals surface area contributed by atoms with E-state index in [0.29, 0.717) is 6.54 Å². The van der Waals surface area contributed by atoms with Crippen LogP contribution < -0.4 is 0 Å². The molecule has 92 valence electrons. The van der Waals surface area contributed by atoms with Gasteiger partial charge in [0, 0.05) is 18.5 Å². The normalized spacial score (nSPS) is 12.2. The van der Waals surface area contributed by atoms with Crippen molar-refractivity contribution < 1.29 is 4.79 Å². The molecule has 0 radical (unpaired) electrons. The zero-order valence-electron chi connectivity index (χ0n) is 10.5. The summed E-state index contributed by atoms with van der Waals surface area (Å²) in [6.45, 7) is 4.47. The van der Waals surface area contributed by atoms with Crippen molar-refractivity contribution in [3.8, 4) is 6.07 Å². The predicted molar refractivity (Wildman–Crippen MR) is 69.6 cm³/mol. The van der Waals surface area contributed by atoms with Gasteiger partial charge in [0.2, 0.25) is 5.91 Å². The summed E-state index contributed by atoms with van der Waals surface area (Å²) in [6, 6.07) is 6.16. The molecule has 1 aromatic rings. The predicted octanol–water partition coefficient (Wildman–Crippen LogP) is 2.54. The third-order valence-corrected chi connectivity index (χ3v) is 3.66. The van der Waals surface area contributed by atoms with Gasteiger partial charge in [-0.15, -0.1) is 11.3 Å². The summed E-state index contributed by atoms with van der Waals surface area (Å²) < 4.78 is 0. The van der Waals surface area contributed by atoms with Gasteiger partial charge in [-0.25, -0.2) is 0 Å². The van der Waals surface area contributed by atoms with Crippen LogP contribution in [0.4, 0.5) is 0 Å². The molecule has 0 saturated heterocycles. The van der Waals surface area contributed by atoms with Gasteiger partial charge in [-0.3, -0.25) is 4.79 Å². The van der Waals surface area contributed by atoms with Crippen molar-refractivity contribution in [2.75, 3.05) is 13.6 Å². The molecule has 0 spiro atoms. The Labute approximate surface area is 107 Å². The van der Waals surface area contributed by atoms with Crippen molar-refractivity contribution in [3.05, 3.63) is 22.4 Å². The number of nitrogens with zero attached hydrogens (tertiary/aromatic N) is 2. The number of amides is 1. The van der Waals surface area contributed by atoms with E-state index in [1.54, 1.807) is 23.3 Å². The van der Waals surface area contributed by atoms with E-state index in [4.69, 9.17) is 5.26 Å². The van der Waals surface area contributed by atoms with Gasteiger partial charge in [-0.05, 0) is 23.8 Å². The van der Waals surface area contributed by atoms with Gasteiger partial charge < -0.3 is 4.90 Å². The first-order valence-electron chi connectivity index (χ1n) is 5.73. The number of hydrogen-bond acceptors (Lipinski definition) is 3. The molecule has 0 N–H and O–H groups in total. The van der Waals surface area contributed by atoms with Gasteiger partial charge in [0.25, 0.3) is 0 Å². The van der Waals surface area contributed by atoms with Crippen LogP contribution in [0.1, 0.15) is 18.7 Å². The van der Waals surface area contributed by atoms with E-state index in [-0.39, 0.29) is 11.8 Å². The Morgan fingerprint density at radius 3 is 2.76 bits per heavy atom. The topological polar surface area (TPSA) is 44.1 Å². The van der Waals surface area contributed by atoms with Crippen LogP contribution in [0.2, 0.25) is 0 Å². The van der Waals surface area contributed by atoms with E-state index in [9.17, 15) is 4.79 Å². The molecular weight excluding hydrogens is 232 g/mol. The van der Waals surface area contributed by atoms with Crippen LogP contribution in [0.15, 0.2) is 17.5 Å². The zero-order chi connectivity index (χ0) is 12.8. The van der Waals surface area contributed by atoms with Gasteiger partial charge >= 0.3 is 0 Å². The molecule has 0 aliphatic heterocycles. The van der Waals surface area contributed by atoms with Gasteiger partial charge in [-0.2, -0.15) is 5.26 Å². The second-order valence-electron chi connectivity index (χ2n) is 4.44. The highest BCUT2D eigenvalue weighted by Crippen LogP contribution is 2.14. The van der Waals surface area contributed by atoms with Crippen LogP contribution in [0, 0.1) is 23.2 Å². The van der Waals surface area contributed by atoms with Crippen molar-refractivity contribution in [3.63, 3.8) is 0 Å². The summed E-state index contributed by atoms with van der Waals surface area (Å²) in [6.07, 6.45) is 0.857. The SMILES string of the molecule is CC(C)C(C#N)C(=O)N(C)CCc1cccs1. The van der Waals surface area contributed by atoms with Crippen LogP contribution in [-0.4, -0.2) is 24.4 Å². The molecule has 1 aromatic heterocycles. The summed E-state index contributed by atoms with van der Waals surface area (Å²) in [5.74, 6) is -0.529. The molecule has 4 heteroatoms. The quantitative estimate of drug-likeness (QED) is 0.806. The fourth-order valence-corrected chi connectivity index (χ4v) is 2.27. The molecule has 0 aliphatic carbocycles. The molecule has 3 nitrogen and oxygen atoms in total. The Balaban J connectivity index is 2.50. The first-order chi connectivity index (χ1) is 8.06. The highest BCUT2D eigenvalue weighted by Gasteiger charge is 2.24. The first kappa shape index (κ1) is 13.7. The van der Waals surface area contributed by atoms with Crippen LogP contribution in [0.3, 0.4) is 0 Å². The van der Waals surface area contributed by atoms with Crippen LogP contribution in [-0.2, 0) is 11.2 Å². The molecule has 0 saturated carbocycles. The summed E-state index contributed by atoms with van der Waals surface area (Å²) >= 11 is 1.69. The van der Waals surface area contributed by atoms with Crippen molar-refractivity contribution in [2.45, 2.75) is 20.3 Å². The smallest absolute Gasteiger partial charge is 0.239 e. The number of carbonyl (C=O) groups is 1. The fourth-order valence-electron chi connectivity index (χ4n) is 1.57. The maximum atomic E-state index is 12.0. The maximum Gasteiger partial charge on any atom is 0.239 e. The molecule has 17 heavy (non-hydrogen) atoms. The summed E-state index contributed by atoms with van der Waals surface area (Å²) in [7, 11) is 1.77. The van der Waals surface area contributed by atoms with Crippen molar-refractivity contribution >= 4 is 17.2 Å². The Kier molecular flexibility index (Phi) is 5.17. The van der Waals surface area contributed by atoms with Gasteiger partial charge in [0.1, 0.15) is 5.92 Å². The average molecular weight is 250 g/mol. The third kappa shape index (κ3) is 3.86. The summed E-state index contributed by atoms with van der Waals surface area (Å²) in [5.41, 5.74) is 0. The van der Waals surface area contributed by atoms with Crippen molar-refractivity contribution in [1.82, 2.24) is 4.90 Å². The minimum Gasteiger partial charge on any atom is -0.344 e. The standard InChI is InChI=1S/C13H18N2OS/c1-10(2)12(9-14)13(16)15(3)7-6-11-5-4-8-17-11/h4-5,8,10,12H,6-7H2,1-3H3. The molecule has 0 bridgehead atoms.